The molecule has 0 aliphatic carbocycles. The third-order valence-electron chi connectivity index (χ3n) is 2.19. The van der Waals surface area contributed by atoms with Gasteiger partial charge in [0, 0.05) is 13.6 Å². The first-order valence-corrected chi connectivity index (χ1v) is 4.85. The lowest BCUT2D eigenvalue weighted by Crippen LogP contribution is -2.24. The fourth-order valence-corrected chi connectivity index (χ4v) is 1.44. The van der Waals surface area contributed by atoms with Crippen LogP contribution in [0.5, 0.6) is 0 Å². The van der Waals surface area contributed by atoms with Crippen LogP contribution in [0.2, 0.25) is 0 Å². The lowest BCUT2D eigenvalue weighted by Gasteiger charge is -2.15. The standard InChI is InChI=1S/C9H14F3N3O/c1-3-13-5-7(16)8-6(9(10,11)12)4-14-15(8)2/h4,7,13,16H,3,5H2,1-2H3. The minimum Gasteiger partial charge on any atom is -0.385 e. The van der Waals surface area contributed by atoms with Gasteiger partial charge in [-0.15, -0.1) is 0 Å². The number of nitrogens with one attached hydrogen (secondary N) is 1. The molecule has 0 saturated heterocycles. The first-order valence-electron chi connectivity index (χ1n) is 4.85. The molecule has 1 aromatic heterocycles. The van der Waals surface area contributed by atoms with E-state index in [2.05, 4.69) is 10.4 Å². The molecule has 1 unspecified atom stereocenters. The van der Waals surface area contributed by atoms with E-state index >= 15 is 0 Å². The van der Waals surface area contributed by atoms with Crippen LogP contribution in [0.25, 0.3) is 0 Å². The van der Waals surface area contributed by atoms with Gasteiger partial charge in [0.15, 0.2) is 0 Å². The lowest BCUT2D eigenvalue weighted by atomic mass is 10.1. The molecule has 1 heterocycles. The van der Waals surface area contributed by atoms with Gasteiger partial charge in [-0.2, -0.15) is 18.3 Å². The fourth-order valence-electron chi connectivity index (χ4n) is 1.44. The van der Waals surface area contributed by atoms with E-state index in [0.717, 1.165) is 10.9 Å². The molecule has 0 aliphatic heterocycles. The maximum absolute atomic E-state index is 12.6. The van der Waals surface area contributed by atoms with Gasteiger partial charge in [-0.05, 0) is 6.54 Å². The Morgan fingerprint density at radius 2 is 2.19 bits per heavy atom. The molecule has 0 radical (unpaired) electrons. The van der Waals surface area contributed by atoms with Crippen molar-refractivity contribution >= 4 is 0 Å². The molecule has 0 aromatic carbocycles. The van der Waals surface area contributed by atoms with Crippen LogP contribution in [0.4, 0.5) is 13.2 Å². The molecule has 7 heteroatoms. The molecule has 0 amide bonds. The van der Waals surface area contributed by atoms with Crippen LogP contribution in [0, 0.1) is 0 Å². The van der Waals surface area contributed by atoms with Crippen LogP contribution in [0.3, 0.4) is 0 Å². The van der Waals surface area contributed by atoms with Crippen LogP contribution in [-0.2, 0) is 13.2 Å². The molecule has 92 valence electrons. The molecule has 4 nitrogen and oxygen atoms in total. The summed E-state index contributed by atoms with van der Waals surface area (Å²) in [4.78, 5) is 0. The Morgan fingerprint density at radius 1 is 1.56 bits per heavy atom. The zero-order chi connectivity index (χ0) is 12.3. The second kappa shape index (κ2) is 4.84. The van der Waals surface area contributed by atoms with Gasteiger partial charge in [0.1, 0.15) is 6.10 Å². The van der Waals surface area contributed by atoms with Crippen molar-refractivity contribution in [1.82, 2.24) is 15.1 Å². The van der Waals surface area contributed by atoms with Crippen molar-refractivity contribution in [3.8, 4) is 0 Å². The molecule has 1 atom stereocenters. The molecular formula is C9H14F3N3O. The Labute approximate surface area is 91.1 Å². The van der Waals surface area contributed by atoms with Crippen LogP contribution in [-0.4, -0.2) is 28.0 Å². The predicted octanol–water partition coefficient (Wildman–Crippen LogP) is 1.08. The Balaban J connectivity index is 2.97. The van der Waals surface area contributed by atoms with E-state index in [0.29, 0.717) is 6.54 Å². The molecule has 0 aliphatic rings. The molecular weight excluding hydrogens is 223 g/mol. The summed E-state index contributed by atoms with van der Waals surface area (Å²) in [6, 6.07) is 0. The number of hydrogen-bond acceptors (Lipinski definition) is 3. The number of aliphatic hydroxyl groups is 1. The van der Waals surface area contributed by atoms with Gasteiger partial charge >= 0.3 is 6.18 Å². The van der Waals surface area contributed by atoms with Crippen LogP contribution in [0.15, 0.2) is 6.20 Å². The Bertz CT molecular complexity index is 348. The SMILES string of the molecule is CCNCC(O)c1c(C(F)(F)F)cnn1C. The molecule has 0 saturated carbocycles. The molecule has 16 heavy (non-hydrogen) atoms. The summed E-state index contributed by atoms with van der Waals surface area (Å²) in [5, 5.41) is 15.9. The van der Waals surface area contributed by atoms with Crippen molar-refractivity contribution < 1.29 is 18.3 Å². The maximum Gasteiger partial charge on any atom is 0.419 e. The van der Waals surface area contributed by atoms with E-state index in [-0.39, 0.29) is 12.2 Å². The maximum atomic E-state index is 12.6. The number of aromatic nitrogens is 2. The minimum atomic E-state index is -4.49. The number of halogens is 3. The quantitative estimate of drug-likeness (QED) is 0.824. The zero-order valence-corrected chi connectivity index (χ0v) is 9.04. The molecule has 1 rings (SSSR count). The molecule has 0 fully saturated rings. The number of aliphatic hydroxyl groups excluding tert-OH is 1. The molecule has 0 bridgehead atoms. The van der Waals surface area contributed by atoms with Crippen LogP contribution in [0.1, 0.15) is 24.3 Å². The second-order valence-electron chi connectivity index (χ2n) is 3.39. The van der Waals surface area contributed by atoms with Gasteiger partial charge < -0.3 is 10.4 Å². The highest BCUT2D eigenvalue weighted by molar-refractivity contribution is 5.23. The lowest BCUT2D eigenvalue weighted by molar-refractivity contribution is -0.139. The molecule has 0 spiro atoms. The van der Waals surface area contributed by atoms with Crippen LogP contribution >= 0.6 is 0 Å². The van der Waals surface area contributed by atoms with Gasteiger partial charge in [-0.25, -0.2) is 0 Å². The number of alkyl halides is 3. The average Bonchev–Trinajstić information content (AvgIpc) is 2.56. The minimum absolute atomic E-state index is 0.0686. The highest BCUT2D eigenvalue weighted by Crippen LogP contribution is 2.33. The summed E-state index contributed by atoms with van der Waals surface area (Å²) in [6.07, 6.45) is -4.98. The Morgan fingerprint density at radius 3 is 2.69 bits per heavy atom. The van der Waals surface area contributed by atoms with E-state index in [1.165, 1.54) is 7.05 Å². The van der Waals surface area contributed by atoms with Gasteiger partial charge in [0.25, 0.3) is 0 Å². The monoisotopic (exact) mass is 237 g/mol. The summed E-state index contributed by atoms with van der Waals surface area (Å²) in [5.41, 5.74) is -1.10. The highest BCUT2D eigenvalue weighted by Gasteiger charge is 2.37. The van der Waals surface area contributed by atoms with Crippen molar-refractivity contribution in [1.29, 1.82) is 0 Å². The third-order valence-corrected chi connectivity index (χ3v) is 2.19. The summed E-state index contributed by atoms with van der Waals surface area (Å²) >= 11 is 0. The molecule has 1 aromatic rings. The first kappa shape index (κ1) is 13.0. The van der Waals surface area contributed by atoms with Crippen molar-refractivity contribution in [2.75, 3.05) is 13.1 Å². The Hall–Kier alpha value is -1.08. The van der Waals surface area contributed by atoms with Gasteiger partial charge in [0.2, 0.25) is 0 Å². The van der Waals surface area contributed by atoms with Crippen molar-refractivity contribution in [2.45, 2.75) is 19.2 Å². The van der Waals surface area contributed by atoms with Gasteiger partial charge in [-0.3, -0.25) is 4.68 Å². The van der Waals surface area contributed by atoms with E-state index in [1.54, 1.807) is 6.92 Å². The number of likely N-dealkylation sites (N-methyl/N-ethyl adjacent to an activating group) is 1. The summed E-state index contributed by atoms with van der Waals surface area (Å²) in [7, 11) is 1.37. The highest BCUT2D eigenvalue weighted by atomic mass is 19.4. The van der Waals surface area contributed by atoms with E-state index in [1.807, 2.05) is 0 Å². The topological polar surface area (TPSA) is 50.1 Å². The van der Waals surface area contributed by atoms with Crippen LogP contribution < -0.4 is 5.32 Å². The smallest absolute Gasteiger partial charge is 0.385 e. The van der Waals surface area contributed by atoms with E-state index in [9.17, 15) is 18.3 Å². The number of nitrogens with zero attached hydrogens (tertiary/aromatic N) is 2. The molecule has 2 N–H and O–H groups in total. The van der Waals surface area contributed by atoms with Crippen molar-refractivity contribution in [3.05, 3.63) is 17.5 Å². The normalized spacial score (nSPS) is 14.1. The average molecular weight is 237 g/mol. The van der Waals surface area contributed by atoms with Crippen molar-refractivity contribution in [2.24, 2.45) is 7.05 Å². The van der Waals surface area contributed by atoms with E-state index in [4.69, 9.17) is 0 Å². The summed E-state index contributed by atoms with van der Waals surface area (Å²) in [5.74, 6) is 0. The number of rotatable bonds is 4. The van der Waals surface area contributed by atoms with Crippen molar-refractivity contribution in [3.63, 3.8) is 0 Å². The van der Waals surface area contributed by atoms with Gasteiger partial charge in [-0.1, -0.05) is 6.92 Å². The Kier molecular flexibility index (Phi) is 3.93. The largest absolute Gasteiger partial charge is 0.419 e. The fraction of sp³-hybridized carbons (Fsp3) is 0.667. The first-order chi connectivity index (χ1) is 7.38. The number of aryl methyl sites for hydroxylation is 1. The second-order valence-corrected chi connectivity index (χ2v) is 3.39. The van der Waals surface area contributed by atoms with E-state index < -0.39 is 17.8 Å². The third kappa shape index (κ3) is 2.73. The zero-order valence-electron chi connectivity index (χ0n) is 9.04. The predicted molar refractivity (Wildman–Crippen MR) is 51.7 cm³/mol. The van der Waals surface area contributed by atoms with Gasteiger partial charge in [0.05, 0.1) is 17.5 Å². The summed E-state index contributed by atoms with van der Waals surface area (Å²) in [6.45, 7) is 2.45. The summed E-state index contributed by atoms with van der Waals surface area (Å²) < 4.78 is 38.7. The number of hydrogen-bond donors (Lipinski definition) is 2.